The lowest BCUT2D eigenvalue weighted by Gasteiger charge is -2.53. The van der Waals surface area contributed by atoms with Gasteiger partial charge in [-0.25, -0.2) is 9.59 Å². The first-order valence-electron chi connectivity index (χ1n) is 10.7. The number of hydrogen-bond acceptors (Lipinski definition) is 7. The Morgan fingerprint density at radius 1 is 0.906 bits per heavy atom. The normalized spacial score (nSPS) is 20.1. The van der Waals surface area contributed by atoms with Crippen LogP contribution in [0.25, 0.3) is 0 Å². The maximum atomic E-state index is 13.5. The molecule has 1 fully saturated rings. The van der Waals surface area contributed by atoms with Gasteiger partial charge in [-0.1, -0.05) is 0 Å². The third-order valence-electron chi connectivity index (χ3n) is 6.25. The largest absolute Gasteiger partial charge is 0.466 e. The highest BCUT2D eigenvalue weighted by Crippen LogP contribution is 2.39. The quantitative estimate of drug-likeness (QED) is 0.659. The number of hydrogen-bond donors (Lipinski definition) is 0. The molecular formula is C24H32N2O6. The van der Waals surface area contributed by atoms with Gasteiger partial charge in [-0.2, -0.15) is 0 Å². The van der Waals surface area contributed by atoms with Crippen molar-refractivity contribution in [3.8, 4) is 0 Å². The molecule has 0 bridgehead atoms. The Labute approximate surface area is 189 Å². The fraction of sp³-hybridized carbons (Fsp3) is 0.542. The molecule has 0 aromatic heterocycles. The van der Waals surface area contributed by atoms with Crippen LogP contribution in [0.2, 0.25) is 0 Å². The van der Waals surface area contributed by atoms with Crippen LogP contribution in [-0.2, 0) is 23.8 Å². The van der Waals surface area contributed by atoms with Crippen LogP contribution < -0.4 is 4.90 Å². The number of nitrogens with zero attached hydrogens (tertiary/aromatic N) is 2. The summed E-state index contributed by atoms with van der Waals surface area (Å²) in [5.41, 5.74) is 0.834. The number of piperidine rings is 1. The predicted molar refractivity (Wildman–Crippen MR) is 119 cm³/mol. The molecular weight excluding hydrogens is 412 g/mol. The summed E-state index contributed by atoms with van der Waals surface area (Å²) in [6, 6.07) is 6.95. The Bertz CT molecular complexity index is 916. The van der Waals surface area contributed by atoms with Gasteiger partial charge in [0.15, 0.2) is 0 Å². The average molecular weight is 445 g/mol. The Kier molecular flexibility index (Phi) is 6.64. The minimum Gasteiger partial charge on any atom is -0.466 e. The molecule has 1 saturated heterocycles. The smallest absolute Gasteiger partial charge is 0.355 e. The van der Waals surface area contributed by atoms with Crippen LogP contribution >= 0.6 is 0 Å². The Balaban J connectivity index is 1.94. The molecule has 3 rings (SSSR count). The van der Waals surface area contributed by atoms with Gasteiger partial charge in [-0.05, 0) is 71.2 Å². The number of methoxy groups -OCH3 is 2. The van der Waals surface area contributed by atoms with Gasteiger partial charge in [0.25, 0.3) is 5.91 Å². The summed E-state index contributed by atoms with van der Waals surface area (Å²) >= 11 is 0. The van der Waals surface area contributed by atoms with Crippen molar-refractivity contribution in [2.24, 2.45) is 0 Å². The second kappa shape index (κ2) is 8.94. The van der Waals surface area contributed by atoms with Crippen molar-refractivity contribution < 1.29 is 28.6 Å². The van der Waals surface area contributed by atoms with E-state index in [9.17, 15) is 14.4 Å². The van der Waals surface area contributed by atoms with Crippen LogP contribution in [0, 0.1) is 0 Å². The summed E-state index contributed by atoms with van der Waals surface area (Å²) < 4.78 is 15.2. The van der Waals surface area contributed by atoms with Crippen LogP contribution in [-0.4, -0.2) is 61.4 Å². The summed E-state index contributed by atoms with van der Waals surface area (Å²) in [6.45, 7) is 8.42. The van der Waals surface area contributed by atoms with Crippen LogP contribution in [0.4, 0.5) is 5.69 Å². The summed E-state index contributed by atoms with van der Waals surface area (Å²) in [6.07, 6.45) is 2.99. The van der Waals surface area contributed by atoms with Crippen molar-refractivity contribution in [2.45, 2.75) is 58.0 Å². The minimum absolute atomic E-state index is 0.0277. The van der Waals surface area contributed by atoms with Gasteiger partial charge in [0, 0.05) is 22.3 Å². The lowest BCUT2D eigenvalue weighted by atomic mass is 9.79. The highest BCUT2D eigenvalue weighted by atomic mass is 16.5. The molecule has 0 unspecified atom stereocenters. The summed E-state index contributed by atoms with van der Waals surface area (Å²) in [5.74, 6) is -1.35. The average Bonchev–Trinajstić information content (AvgIpc) is 2.76. The summed E-state index contributed by atoms with van der Waals surface area (Å²) in [5, 5.41) is 0. The molecule has 0 saturated carbocycles. The molecule has 2 aliphatic heterocycles. The number of esters is 2. The fourth-order valence-electron chi connectivity index (χ4n) is 4.81. The van der Waals surface area contributed by atoms with E-state index in [0.717, 1.165) is 19.3 Å². The maximum absolute atomic E-state index is 13.5. The third kappa shape index (κ3) is 4.37. The van der Waals surface area contributed by atoms with Crippen molar-refractivity contribution in [1.82, 2.24) is 4.90 Å². The molecule has 0 spiro atoms. The van der Waals surface area contributed by atoms with E-state index in [1.54, 1.807) is 29.2 Å². The van der Waals surface area contributed by atoms with E-state index >= 15 is 0 Å². The molecule has 174 valence electrons. The van der Waals surface area contributed by atoms with Gasteiger partial charge < -0.3 is 24.0 Å². The second-order valence-corrected chi connectivity index (χ2v) is 9.38. The molecule has 0 N–H and O–H groups in total. The number of anilines is 1. The van der Waals surface area contributed by atoms with Crippen LogP contribution in [0.15, 0.2) is 35.5 Å². The first-order valence-corrected chi connectivity index (χ1v) is 10.7. The van der Waals surface area contributed by atoms with E-state index in [-0.39, 0.29) is 41.6 Å². The van der Waals surface area contributed by atoms with Gasteiger partial charge in [0.1, 0.15) is 12.4 Å². The van der Waals surface area contributed by atoms with Crippen molar-refractivity contribution in [1.29, 1.82) is 0 Å². The molecule has 2 aliphatic rings. The second-order valence-electron chi connectivity index (χ2n) is 9.38. The van der Waals surface area contributed by atoms with Crippen LogP contribution in [0.3, 0.4) is 0 Å². The molecule has 8 nitrogen and oxygen atoms in total. The SMILES string of the molecule is COC(=O)C1=C(C(=O)OC)N(c2ccc(C(=O)N3C(C)(C)CCCC3(C)C)cc2)COC1. The predicted octanol–water partition coefficient (Wildman–Crippen LogP) is 3.26. The monoisotopic (exact) mass is 444 g/mol. The van der Waals surface area contributed by atoms with E-state index in [4.69, 9.17) is 14.2 Å². The minimum atomic E-state index is -0.661. The fourth-order valence-corrected chi connectivity index (χ4v) is 4.81. The van der Waals surface area contributed by atoms with E-state index in [1.807, 2.05) is 4.90 Å². The summed E-state index contributed by atoms with van der Waals surface area (Å²) in [4.78, 5) is 41.6. The molecule has 32 heavy (non-hydrogen) atoms. The highest BCUT2D eigenvalue weighted by molar-refractivity contribution is 6.03. The molecule has 1 aromatic rings. The molecule has 1 amide bonds. The number of carbonyl (C=O) groups excluding carboxylic acids is 3. The molecule has 1 aromatic carbocycles. The number of carbonyl (C=O) groups is 3. The van der Waals surface area contributed by atoms with Crippen LogP contribution in [0.5, 0.6) is 0 Å². The number of benzene rings is 1. The number of likely N-dealkylation sites (tertiary alicyclic amines) is 1. The van der Waals surface area contributed by atoms with Gasteiger partial charge in [0.05, 0.1) is 26.4 Å². The topological polar surface area (TPSA) is 85.4 Å². The Hall–Kier alpha value is -2.87. The first kappa shape index (κ1) is 23.8. The van der Waals surface area contributed by atoms with E-state index < -0.39 is 11.9 Å². The van der Waals surface area contributed by atoms with Crippen molar-refractivity contribution in [3.63, 3.8) is 0 Å². The van der Waals surface area contributed by atoms with Gasteiger partial charge in [-0.3, -0.25) is 4.79 Å². The zero-order valence-electron chi connectivity index (χ0n) is 19.7. The van der Waals surface area contributed by atoms with Gasteiger partial charge >= 0.3 is 11.9 Å². The Morgan fingerprint density at radius 2 is 1.47 bits per heavy atom. The van der Waals surface area contributed by atoms with Crippen molar-refractivity contribution in [3.05, 3.63) is 41.1 Å². The standard InChI is InChI=1S/C24H32N2O6/c1-23(2)12-7-13-24(3,4)26(23)20(27)16-8-10-17(11-9-16)25-15-32-14-18(21(28)30-5)19(25)22(29)31-6/h8-11H,7,12-15H2,1-6H3. The molecule has 8 heteroatoms. The van der Waals surface area contributed by atoms with E-state index in [0.29, 0.717) is 11.3 Å². The summed E-state index contributed by atoms with van der Waals surface area (Å²) in [7, 11) is 2.49. The van der Waals surface area contributed by atoms with Gasteiger partial charge in [0.2, 0.25) is 0 Å². The first-order chi connectivity index (χ1) is 15.0. The van der Waals surface area contributed by atoms with Gasteiger partial charge in [-0.15, -0.1) is 0 Å². The van der Waals surface area contributed by atoms with Crippen molar-refractivity contribution >= 4 is 23.5 Å². The highest BCUT2D eigenvalue weighted by Gasteiger charge is 2.44. The number of amides is 1. The molecule has 0 aliphatic carbocycles. The number of rotatable bonds is 4. The van der Waals surface area contributed by atoms with Crippen LogP contribution in [0.1, 0.15) is 57.3 Å². The van der Waals surface area contributed by atoms with E-state index in [1.165, 1.54) is 14.2 Å². The lowest BCUT2D eigenvalue weighted by Crippen LogP contribution is -2.60. The van der Waals surface area contributed by atoms with Crippen molar-refractivity contribution in [2.75, 3.05) is 32.5 Å². The molecule has 2 heterocycles. The number of ether oxygens (including phenoxy) is 3. The third-order valence-corrected chi connectivity index (χ3v) is 6.25. The lowest BCUT2D eigenvalue weighted by molar-refractivity contribution is -0.140. The zero-order chi connectivity index (χ0) is 23.7. The Morgan fingerprint density at radius 3 is 2.00 bits per heavy atom. The maximum Gasteiger partial charge on any atom is 0.355 e. The van der Waals surface area contributed by atoms with E-state index in [2.05, 4.69) is 27.7 Å². The zero-order valence-corrected chi connectivity index (χ0v) is 19.7. The molecule has 0 radical (unpaired) electrons. The molecule has 0 atom stereocenters.